The van der Waals surface area contributed by atoms with Crippen molar-refractivity contribution >= 4 is 26.5 Å². The SMILES string of the molecule is CC(C)(C)C1=C[Si](C)(C)CCC[Si]1(c1ccccc1)c1ccccc1. The monoisotopic (exact) mass is 364 g/mol. The van der Waals surface area contributed by atoms with E-state index in [1.807, 2.05) is 0 Å². The van der Waals surface area contributed by atoms with Gasteiger partial charge >= 0.3 is 0 Å². The molecule has 2 aromatic rings. The summed E-state index contributed by atoms with van der Waals surface area (Å²) in [5, 5.41) is 4.95. The van der Waals surface area contributed by atoms with Crippen molar-refractivity contribution < 1.29 is 0 Å². The van der Waals surface area contributed by atoms with Gasteiger partial charge in [-0.1, -0.05) is 118 Å². The lowest BCUT2D eigenvalue weighted by atomic mass is 9.97. The van der Waals surface area contributed by atoms with E-state index in [1.54, 1.807) is 15.6 Å². The van der Waals surface area contributed by atoms with Gasteiger partial charge in [-0.2, -0.15) is 0 Å². The van der Waals surface area contributed by atoms with Crippen LogP contribution in [0.2, 0.25) is 25.2 Å². The zero-order chi connectivity index (χ0) is 18.1. The molecule has 0 spiro atoms. The van der Waals surface area contributed by atoms with Crippen LogP contribution in [0.1, 0.15) is 27.2 Å². The molecule has 1 heterocycles. The summed E-state index contributed by atoms with van der Waals surface area (Å²) >= 11 is 0. The molecule has 25 heavy (non-hydrogen) atoms. The second-order valence-electron chi connectivity index (χ2n) is 9.29. The molecule has 0 unspecified atom stereocenters. The van der Waals surface area contributed by atoms with Gasteiger partial charge in [-0.05, 0) is 21.8 Å². The van der Waals surface area contributed by atoms with E-state index in [-0.39, 0.29) is 5.41 Å². The highest BCUT2D eigenvalue weighted by molar-refractivity contribution is 7.08. The second-order valence-corrected chi connectivity index (χ2v) is 18.1. The van der Waals surface area contributed by atoms with Crippen LogP contribution in [0.5, 0.6) is 0 Å². The van der Waals surface area contributed by atoms with Crippen LogP contribution in [0.15, 0.2) is 71.6 Å². The third-order valence-electron chi connectivity index (χ3n) is 5.71. The lowest BCUT2D eigenvalue weighted by Gasteiger charge is -2.41. The van der Waals surface area contributed by atoms with Gasteiger partial charge in [0, 0.05) is 0 Å². The van der Waals surface area contributed by atoms with E-state index in [4.69, 9.17) is 0 Å². The fourth-order valence-corrected chi connectivity index (χ4v) is 14.9. The Morgan fingerprint density at radius 1 is 0.720 bits per heavy atom. The number of hydrogen-bond donors (Lipinski definition) is 0. The predicted molar refractivity (Wildman–Crippen MR) is 117 cm³/mol. The lowest BCUT2D eigenvalue weighted by molar-refractivity contribution is 0.526. The highest BCUT2D eigenvalue weighted by atomic mass is 28.3. The maximum Gasteiger partial charge on any atom is 0.144 e. The third-order valence-corrected chi connectivity index (χ3v) is 14.3. The molecule has 0 aliphatic carbocycles. The molecule has 0 fully saturated rings. The molecule has 1 aliphatic rings. The van der Waals surface area contributed by atoms with Gasteiger partial charge < -0.3 is 0 Å². The van der Waals surface area contributed by atoms with Crippen LogP contribution in [0.25, 0.3) is 0 Å². The molecule has 0 radical (unpaired) electrons. The Kier molecular flexibility index (Phi) is 4.96. The van der Waals surface area contributed by atoms with Gasteiger partial charge in [0.25, 0.3) is 0 Å². The van der Waals surface area contributed by atoms with E-state index in [0.717, 1.165) is 0 Å². The van der Waals surface area contributed by atoms with Crippen molar-refractivity contribution in [1.82, 2.24) is 0 Å². The van der Waals surface area contributed by atoms with Gasteiger partial charge in [-0.25, -0.2) is 0 Å². The summed E-state index contributed by atoms with van der Waals surface area (Å²) in [5.41, 5.74) is 3.01. The number of hydrogen-bond acceptors (Lipinski definition) is 0. The quantitative estimate of drug-likeness (QED) is 0.625. The van der Waals surface area contributed by atoms with Crippen LogP contribution in [-0.2, 0) is 0 Å². The zero-order valence-electron chi connectivity index (χ0n) is 16.5. The van der Waals surface area contributed by atoms with Crippen LogP contribution in [0.3, 0.4) is 0 Å². The van der Waals surface area contributed by atoms with Crippen LogP contribution in [-0.4, -0.2) is 16.1 Å². The van der Waals surface area contributed by atoms with E-state index in [1.165, 1.54) is 18.5 Å². The van der Waals surface area contributed by atoms with Crippen molar-refractivity contribution in [2.75, 3.05) is 0 Å². The van der Waals surface area contributed by atoms with E-state index >= 15 is 0 Å². The zero-order valence-corrected chi connectivity index (χ0v) is 18.5. The molecule has 132 valence electrons. The molecule has 2 heteroatoms. The Labute approximate surface area is 156 Å². The van der Waals surface area contributed by atoms with E-state index in [0.29, 0.717) is 0 Å². The van der Waals surface area contributed by atoms with Crippen molar-refractivity contribution in [2.45, 2.75) is 52.4 Å². The fourth-order valence-electron chi connectivity index (χ4n) is 4.60. The largest absolute Gasteiger partial charge is 0.144 e. The average Bonchev–Trinajstić information content (AvgIpc) is 2.73. The maximum absolute atomic E-state index is 2.80. The standard InChI is InChI=1S/C23H32Si2/c1-23(2,3)22-19-24(4,5)17-12-18-25(22,20-13-8-6-9-14-20)21-15-10-7-11-16-21/h6-11,13-16,19H,12,17-18H2,1-5H3. The van der Waals surface area contributed by atoms with Crippen LogP contribution >= 0.6 is 0 Å². The topological polar surface area (TPSA) is 0 Å². The molecule has 0 N–H and O–H groups in total. The van der Waals surface area contributed by atoms with Crippen molar-refractivity contribution in [3.63, 3.8) is 0 Å². The van der Waals surface area contributed by atoms with Gasteiger partial charge in [-0.3, -0.25) is 0 Å². The fraction of sp³-hybridized carbons (Fsp3) is 0.391. The van der Waals surface area contributed by atoms with Crippen LogP contribution < -0.4 is 10.4 Å². The number of allylic oxidation sites excluding steroid dienone is 1. The van der Waals surface area contributed by atoms with E-state index < -0.39 is 16.1 Å². The van der Waals surface area contributed by atoms with Gasteiger partial charge in [0.05, 0.1) is 8.07 Å². The summed E-state index contributed by atoms with van der Waals surface area (Å²) in [6.45, 7) is 12.4. The predicted octanol–water partition coefficient (Wildman–Crippen LogP) is 5.41. The van der Waals surface area contributed by atoms with Crippen LogP contribution in [0, 0.1) is 5.41 Å². The number of rotatable bonds is 2. The van der Waals surface area contributed by atoms with Gasteiger partial charge in [0.1, 0.15) is 8.07 Å². The molecule has 0 atom stereocenters. The van der Waals surface area contributed by atoms with E-state index in [9.17, 15) is 0 Å². The minimum Gasteiger partial charge on any atom is -0.0981 e. The summed E-state index contributed by atoms with van der Waals surface area (Å²) < 4.78 is 0. The molecule has 0 bridgehead atoms. The smallest absolute Gasteiger partial charge is 0.0981 e. The van der Waals surface area contributed by atoms with Gasteiger partial charge in [0.15, 0.2) is 0 Å². The Morgan fingerprint density at radius 2 is 1.20 bits per heavy atom. The molecule has 0 nitrogen and oxygen atoms in total. The summed E-state index contributed by atoms with van der Waals surface area (Å²) in [7, 11) is -3.24. The Bertz CT molecular complexity index is 697. The van der Waals surface area contributed by atoms with Gasteiger partial charge in [0.2, 0.25) is 0 Å². The van der Waals surface area contributed by atoms with Crippen molar-refractivity contribution in [2.24, 2.45) is 5.41 Å². The van der Waals surface area contributed by atoms with Gasteiger partial charge in [-0.15, -0.1) is 0 Å². The molecule has 0 saturated heterocycles. The summed E-state index contributed by atoms with van der Waals surface area (Å²) in [5.74, 6) is 0. The molecule has 1 aliphatic heterocycles. The van der Waals surface area contributed by atoms with Crippen molar-refractivity contribution in [3.8, 4) is 0 Å². The molecule has 0 amide bonds. The highest BCUT2D eigenvalue weighted by Gasteiger charge is 2.47. The van der Waals surface area contributed by atoms with Crippen LogP contribution in [0.4, 0.5) is 0 Å². The summed E-state index contributed by atoms with van der Waals surface area (Å²) in [6.07, 6.45) is 1.37. The lowest BCUT2D eigenvalue weighted by Crippen LogP contribution is -2.62. The maximum atomic E-state index is 2.80. The summed E-state index contributed by atoms with van der Waals surface area (Å²) in [6, 6.07) is 25.6. The molecule has 2 aromatic carbocycles. The Balaban J connectivity index is 2.36. The number of benzene rings is 2. The first kappa shape index (κ1) is 18.4. The molecule has 0 aromatic heterocycles. The Hall–Kier alpha value is -1.39. The van der Waals surface area contributed by atoms with Crippen molar-refractivity contribution in [1.29, 1.82) is 0 Å². The third kappa shape index (κ3) is 3.61. The normalized spacial score (nSPS) is 19.8. The minimum absolute atomic E-state index is 0.215. The van der Waals surface area contributed by atoms with E-state index in [2.05, 4.69) is 100 Å². The average molecular weight is 365 g/mol. The molecule has 0 saturated carbocycles. The Morgan fingerprint density at radius 3 is 1.64 bits per heavy atom. The molecular formula is C23H32Si2. The first-order valence-electron chi connectivity index (χ1n) is 9.61. The first-order valence-corrected chi connectivity index (χ1v) is 15.1. The minimum atomic E-state index is -1.94. The second kappa shape index (κ2) is 6.73. The molecular weight excluding hydrogens is 332 g/mol. The highest BCUT2D eigenvalue weighted by Crippen LogP contribution is 2.40. The molecule has 3 rings (SSSR count). The van der Waals surface area contributed by atoms with Crippen molar-refractivity contribution in [3.05, 3.63) is 71.6 Å². The first-order chi connectivity index (χ1) is 11.8. The summed E-state index contributed by atoms with van der Waals surface area (Å²) in [4.78, 5) is 0.